The fourth-order valence-electron chi connectivity index (χ4n) is 3.78. The van der Waals surface area contributed by atoms with E-state index in [1.165, 1.54) is 6.07 Å². The van der Waals surface area contributed by atoms with Gasteiger partial charge >= 0.3 is 0 Å². The number of aryl methyl sites for hydroxylation is 1. The summed E-state index contributed by atoms with van der Waals surface area (Å²) in [5.74, 6) is 0.329. The number of benzene rings is 1. The Kier molecular flexibility index (Phi) is 4.84. The van der Waals surface area contributed by atoms with E-state index in [0.29, 0.717) is 36.0 Å². The van der Waals surface area contributed by atoms with Gasteiger partial charge in [-0.2, -0.15) is 5.10 Å². The number of morpholine rings is 1. The van der Waals surface area contributed by atoms with Gasteiger partial charge in [-0.15, -0.1) is 0 Å². The molecule has 0 bridgehead atoms. The van der Waals surface area contributed by atoms with Crippen LogP contribution in [-0.4, -0.2) is 39.4 Å². The van der Waals surface area contributed by atoms with Gasteiger partial charge in [-0.1, -0.05) is 11.6 Å². The molecular weight excluding hydrogens is 405 g/mol. The summed E-state index contributed by atoms with van der Waals surface area (Å²) in [6.07, 6.45) is 5.39. The number of halogens is 2. The highest BCUT2D eigenvalue weighted by molar-refractivity contribution is 6.30. The predicted molar refractivity (Wildman–Crippen MR) is 114 cm³/mol. The summed E-state index contributed by atoms with van der Waals surface area (Å²) in [4.78, 5) is 11.5. The minimum Gasteiger partial charge on any atom is -0.370 e. The maximum Gasteiger partial charge on any atom is 0.134 e. The van der Waals surface area contributed by atoms with E-state index in [-0.39, 0.29) is 6.10 Å². The number of aromatic nitrogens is 4. The first-order valence-electron chi connectivity index (χ1n) is 9.65. The van der Waals surface area contributed by atoms with Crippen molar-refractivity contribution in [2.75, 3.05) is 24.6 Å². The SMILES string of the molecule is Cn1cc([C@@H]2CN(c3cc4ncccc4c(-c4ccc(Cl)cc4F)n3)CCO2)cn1. The van der Waals surface area contributed by atoms with E-state index in [0.717, 1.165) is 22.3 Å². The third-order valence-electron chi connectivity index (χ3n) is 5.26. The van der Waals surface area contributed by atoms with E-state index < -0.39 is 5.82 Å². The minimum absolute atomic E-state index is 0.107. The highest BCUT2D eigenvalue weighted by Gasteiger charge is 2.25. The quantitative estimate of drug-likeness (QED) is 0.489. The third kappa shape index (κ3) is 3.51. The Morgan fingerprint density at radius 1 is 1.23 bits per heavy atom. The zero-order chi connectivity index (χ0) is 20.7. The molecule has 1 aromatic carbocycles. The summed E-state index contributed by atoms with van der Waals surface area (Å²) >= 11 is 5.95. The van der Waals surface area contributed by atoms with Crippen LogP contribution in [-0.2, 0) is 11.8 Å². The van der Waals surface area contributed by atoms with Crippen LogP contribution in [0.15, 0.2) is 55.0 Å². The number of rotatable bonds is 3. The summed E-state index contributed by atoms with van der Waals surface area (Å²) in [6.45, 7) is 1.87. The number of ether oxygens (including phenoxy) is 1. The van der Waals surface area contributed by atoms with Crippen LogP contribution in [0.3, 0.4) is 0 Å². The second kappa shape index (κ2) is 7.66. The molecule has 4 aromatic rings. The molecule has 152 valence electrons. The minimum atomic E-state index is -0.410. The zero-order valence-electron chi connectivity index (χ0n) is 16.3. The van der Waals surface area contributed by atoms with Crippen LogP contribution in [0.25, 0.3) is 22.2 Å². The van der Waals surface area contributed by atoms with E-state index in [1.807, 2.05) is 37.6 Å². The second-order valence-electron chi connectivity index (χ2n) is 7.28. The highest BCUT2D eigenvalue weighted by atomic mass is 35.5. The number of hydrogen-bond acceptors (Lipinski definition) is 5. The van der Waals surface area contributed by atoms with Crippen LogP contribution in [0, 0.1) is 5.82 Å². The first kappa shape index (κ1) is 19.0. The van der Waals surface area contributed by atoms with Crippen LogP contribution < -0.4 is 4.90 Å². The van der Waals surface area contributed by atoms with Crippen LogP contribution in [0.1, 0.15) is 11.7 Å². The smallest absolute Gasteiger partial charge is 0.134 e. The molecule has 0 amide bonds. The second-order valence-corrected chi connectivity index (χ2v) is 7.71. The van der Waals surface area contributed by atoms with Gasteiger partial charge in [-0.3, -0.25) is 9.67 Å². The van der Waals surface area contributed by atoms with Gasteiger partial charge in [0, 0.05) is 60.1 Å². The molecule has 6 nitrogen and oxygen atoms in total. The fourth-order valence-corrected chi connectivity index (χ4v) is 3.94. The third-order valence-corrected chi connectivity index (χ3v) is 5.49. The standard InChI is InChI=1S/C22H19ClFN5O/c1-28-12-14(11-26-28)20-13-29(7-8-30-20)21-10-19-17(3-2-6-25-19)22(27-21)16-5-4-15(23)9-18(16)24/h2-6,9-12,20H,7-8,13H2,1H3/t20-/m0/s1. The molecule has 1 aliphatic heterocycles. The number of hydrogen-bond donors (Lipinski definition) is 0. The van der Waals surface area contributed by atoms with Gasteiger partial charge in [0.05, 0.1) is 24.0 Å². The highest BCUT2D eigenvalue weighted by Crippen LogP contribution is 2.33. The average molecular weight is 424 g/mol. The van der Waals surface area contributed by atoms with Crippen molar-refractivity contribution < 1.29 is 9.13 Å². The van der Waals surface area contributed by atoms with Crippen molar-refractivity contribution in [1.82, 2.24) is 19.7 Å². The maximum atomic E-state index is 14.7. The van der Waals surface area contributed by atoms with Gasteiger partial charge in [-0.25, -0.2) is 9.37 Å². The molecule has 4 heterocycles. The van der Waals surface area contributed by atoms with Crippen molar-refractivity contribution in [3.63, 3.8) is 0 Å². The Bertz CT molecular complexity index is 1230. The number of nitrogens with zero attached hydrogens (tertiary/aromatic N) is 5. The Morgan fingerprint density at radius 2 is 2.13 bits per heavy atom. The van der Waals surface area contributed by atoms with Gasteiger partial charge in [0.15, 0.2) is 0 Å². The monoisotopic (exact) mass is 423 g/mol. The van der Waals surface area contributed by atoms with Crippen LogP contribution in [0.2, 0.25) is 5.02 Å². The van der Waals surface area contributed by atoms with Gasteiger partial charge in [0.25, 0.3) is 0 Å². The van der Waals surface area contributed by atoms with Crippen molar-refractivity contribution >= 4 is 28.3 Å². The van der Waals surface area contributed by atoms with Gasteiger partial charge < -0.3 is 9.64 Å². The lowest BCUT2D eigenvalue weighted by Gasteiger charge is -2.33. The molecule has 1 atom stereocenters. The molecule has 0 N–H and O–H groups in total. The molecule has 1 fully saturated rings. The molecule has 8 heteroatoms. The lowest BCUT2D eigenvalue weighted by molar-refractivity contribution is 0.0395. The van der Waals surface area contributed by atoms with E-state index in [1.54, 1.807) is 23.0 Å². The largest absolute Gasteiger partial charge is 0.370 e. The molecule has 1 saturated heterocycles. The molecule has 5 rings (SSSR count). The molecule has 0 unspecified atom stereocenters. The van der Waals surface area contributed by atoms with Gasteiger partial charge in [0.2, 0.25) is 0 Å². The number of anilines is 1. The summed E-state index contributed by atoms with van der Waals surface area (Å²) in [5, 5.41) is 5.38. The van der Waals surface area contributed by atoms with Crippen molar-refractivity contribution in [2.45, 2.75) is 6.10 Å². The first-order valence-corrected chi connectivity index (χ1v) is 10.0. The van der Waals surface area contributed by atoms with Crippen LogP contribution in [0.5, 0.6) is 0 Å². The normalized spacial score (nSPS) is 16.9. The van der Waals surface area contributed by atoms with E-state index >= 15 is 0 Å². The van der Waals surface area contributed by atoms with Crippen molar-refractivity contribution in [3.8, 4) is 11.3 Å². The Labute approximate surface area is 177 Å². The van der Waals surface area contributed by atoms with Crippen molar-refractivity contribution in [1.29, 1.82) is 0 Å². The van der Waals surface area contributed by atoms with Crippen LogP contribution in [0.4, 0.5) is 10.2 Å². The Hall–Kier alpha value is -3.03. The molecule has 0 radical (unpaired) electrons. The summed E-state index contributed by atoms with van der Waals surface area (Å²) in [5.41, 5.74) is 2.73. The fraction of sp³-hybridized carbons (Fsp3) is 0.227. The van der Waals surface area contributed by atoms with Crippen molar-refractivity contribution in [3.05, 3.63) is 71.4 Å². The average Bonchev–Trinajstić information content (AvgIpc) is 3.20. The van der Waals surface area contributed by atoms with E-state index in [9.17, 15) is 4.39 Å². The maximum absolute atomic E-state index is 14.7. The Morgan fingerprint density at radius 3 is 2.93 bits per heavy atom. The van der Waals surface area contributed by atoms with E-state index in [2.05, 4.69) is 15.0 Å². The first-order chi connectivity index (χ1) is 14.6. The lowest BCUT2D eigenvalue weighted by atomic mass is 10.1. The summed E-state index contributed by atoms with van der Waals surface area (Å²) in [6, 6.07) is 10.3. The molecule has 30 heavy (non-hydrogen) atoms. The molecule has 0 saturated carbocycles. The number of fused-ring (bicyclic) bond motifs is 1. The summed E-state index contributed by atoms with van der Waals surface area (Å²) in [7, 11) is 1.88. The Balaban J connectivity index is 1.58. The molecule has 3 aromatic heterocycles. The molecule has 0 spiro atoms. The molecular formula is C22H19ClFN5O. The van der Waals surface area contributed by atoms with Gasteiger partial charge in [0.1, 0.15) is 17.7 Å². The lowest BCUT2D eigenvalue weighted by Crippen LogP contribution is -2.38. The molecule has 0 aliphatic carbocycles. The zero-order valence-corrected chi connectivity index (χ0v) is 17.1. The van der Waals surface area contributed by atoms with E-state index in [4.69, 9.17) is 21.3 Å². The number of pyridine rings is 2. The summed E-state index contributed by atoms with van der Waals surface area (Å²) < 4.78 is 22.4. The molecule has 1 aliphatic rings. The van der Waals surface area contributed by atoms with Crippen molar-refractivity contribution in [2.24, 2.45) is 7.05 Å². The predicted octanol–water partition coefficient (Wildman–Crippen LogP) is 4.40. The topological polar surface area (TPSA) is 56.1 Å². The van der Waals surface area contributed by atoms with Crippen LogP contribution >= 0.6 is 11.6 Å². The van der Waals surface area contributed by atoms with Gasteiger partial charge in [-0.05, 0) is 30.3 Å².